The molecule has 2 aliphatic rings. The van der Waals surface area contributed by atoms with Gasteiger partial charge in [0, 0.05) is 25.1 Å². The van der Waals surface area contributed by atoms with Crippen LogP contribution in [0, 0.1) is 5.92 Å². The largest absolute Gasteiger partial charge is 0.504 e. The van der Waals surface area contributed by atoms with Gasteiger partial charge in [-0.15, -0.1) is 0 Å². The van der Waals surface area contributed by atoms with Gasteiger partial charge in [-0.3, -0.25) is 14.6 Å². The lowest BCUT2D eigenvalue weighted by Crippen LogP contribution is -2.44. The van der Waals surface area contributed by atoms with Crippen molar-refractivity contribution in [3.05, 3.63) is 17.7 Å². The fourth-order valence-electron chi connectivity index (χ4n) is 3.34. The van der Waals surface area contributed by atoms with E-state index in [9.17, 15) is 14.7 Å². The summed E-state index contributed by atoms with van der Waals surface area (Å²) in [5.74, 6) is 5.51. The highest BCUT2D eigenvalue weighted by molar-refractivity contribution is 6.01. The SMILES string of the molecule is NCCNC(=O)[C@H]1CC[C@@H](Oc2cc3c(cc2O)NCN(N)C3=O)CC1. The fourth-order valence-corrected chi connectivity index (χ4v) is 3.34. The Morgan fingerprint density at radius 3 is 2.77 bits per heavy atom. The van der Waals surface area contributed by atoms with E-state index in [2.05, 4.69) is 10.6 Å². The standard InChI is InChI=1S/C17H25N5O4/c18-5-6-20-16(24)10-1-3-11(4-2-10)26-15-7-12-13(8-14(15)23)21-9-22(19)17(12)25/h7-8,10-11,21,23H,1-6,9,18-19H2,(H,20,24)/t10-,11+. The fraction of sp³-hybridized carbons (Fsp3) is 0.529. The maximum absolute atomic E-state index is 12.1. The summed E-state index contributed by atoms with van der Waals surface area (Å²) in [5.41, 5.74) is 6.29. The zero-order valence-corrected chi connectivity index (χ0v) is 14.5. The summed E-state index contributed by atoms with van der Waals surface area (Å²) < 4.78 is 5.90. The van der Waals surface area contributed by atoms with Crippen LogP contribution in [-0.2, 0) is 4.79 Å². The number of benzene rings is 1. The Bertz CT molecular complexity index is 688. The molecule has 1 saturated carbocycles. The Kier molecular flexibility index (Phi) is 5.48. The minimum atomic E-state index is -0.330. The number of phenols is 1. The number of hydrogen-bond donors (Lipinski definition) is 5. The third-order valence-corrected chi connectivity index (χ3v) is 4.81. The average Bonchev–Trinajstić information content (AvgIpc) is 2.64. The lowest BCUT2D eigenvalue weighted by Gasteiger charge is -2.30. The highest BCUT2D eigenvalue weighted by atomic mass is 16.5. The number of nitrogens with two attached hydrogens (primary N) is 2. The maximum Gasteiger partial charge on any atom is 0.271 e. The molecule has 0 saturated heterocycles. The second kappa shape index (κ2) is 7.79. The van der Waals surface area contributed by atoms with Crippen LogP contribution in [0.25, 0.3) is 0 Å². The molecule has 9 heteroatoms. The molecule has 0 unspecified atom stereocenters. The van der Waals surface area contributed by atoms with Crippen LogP contribution >= 0.6 is 0 Å². The summed E-state index contributed by atoms with van der Waals surface area (Å²) in [5, 5.41) is 17.0. The van der Waals surface area contributed by atoms with Crippen LogP contribution in [0.2, 0.25) is 0 Å². The summed E-state index contributed by atoms with van der Waals surface area (Å²) in [6.07, 6.45) is 2.71. The van der Waals surface area contributed by atoms with E-state index in [1.54, 1.807) is 0 Å². The predicted octanol–water partition coefficient (Wildman–Crippen LogP) is 0.104. The minimum absolute atomic E-state index is 0.0302. The van der Waals surface area contributed by atoms with Gasteiger partial charge >= 0.3 is 0 Å². The number of rotatable bonds is 5. The number of hydrazine groups is 1. The van der Waals surface area contributed by atoms with Crippen molar-refractivity contribution in [2.45, 2.75) is 31.8 Å². The van der Waals surface area contributed by atoms with Crippen molar-refractivity contribution in [2.24, 2.45) is 17.5 Å². The highest BCUT2D eigenvalue weighted by Crippen LogP contribution is 2.37. The number of carbonyl (C=O) groups excluding carboxylic acids is 2. The van der Waals surface area contributed by atoms with Gasteiger partial charge in [0.25, 0.3) is 5.91 Å². The first-order valence-electron chi connectivity index (χ1n) is 8.81. The third kappa shape index (κ3) is 3.83. The quantitative estimate of drug-likeness (QED) is 0.369. The normalized spacial score (nSPS) is 22.4. The summed E-state index contributed by atoms with van der Waals surface area (Å²) in [4.78, 5) is 24.1. The number of carbonyl (C=O) groups is 2. The number of nitrogens with one attached hydrogen (secondary N) is 2. The van der Waals surface area contributed by atoms with E-state index in [1.807, 2.05) is 0 Å². The van der Waals surface area contributed by atoms with Gasteiger partial charge in [0.1, 0.15) is 6.67 Å². The molecule has 1 aliphatic carbocycles. The molecule has 0 radical (unpaired) electrons. The van der Waals surface area contributed by atoms with Crippen LogP contribution in [-0.4, -0.2) is 47.8 Å². The number of hydrogen-bond acceptors (Lipinski definition) is 7. The third-order valence-electron chi connectivity index (χ3n) is 4.81. The van der Waals surface area contributed by atoms with Gasteiger partial charge in [-0.2, -0.15) is 0 Å². The molecule has 1 aromatic rings. The van der Waals surface area contributed by atoms with E-state index in [1.165, 1.54) is 12.1 Å². The molecule has 1 aromatic carbocycles. The van der Waals surface area contributed by atoms with Gasteiger partial charge in [0.05, 0.1) is 17.4 Å². The summed E-state index contributed by atoms with van der Waals surface area (Å²) in [6.45, 7) is 1.09. The molecule has 1 fully saturated rings. The van der Waals surface area contributed by atoms with Crippen molar-refractivity contribution in [1.82, 2.24) is 10.3 Å². The van der Waals surface area contributed by atoms with E-state index in [4.69, 9.17) is 16.3 Å². The molecule has 1 heterocycles. The Morgan fingerprint density at radius 1 is 1.35 bits per heavy atom. The average molecular weight is 363 g/mol. The zero-order chi connectivity index (χ0) is 18.7. The molecular formula is C17H25N5O4. The summed E-state index contributed by atoms with van der Waals surface area (Å²) in [6, 6.07) is 2.99. The van der Waals surface area contributed by atoms with Crippen molar-refractivity contribution < 1.29 is 19.4 Å². The van der Waals surface area contributed by atoms with Crippen molar-refractivity contribution in [1.29, 1.82) is 0 Å². The number of amides is 2. The minimum Gasteiger partial charge on any atom is -0.504 e. The second-order valence-electron chi connectivity index (χ2n) is 6.65. The molecule has 26 heavy (non-hydrogen) atoms. The maximum atomic E-state index is 12.1. The molecular weight excluding hydrogens is 338 g/mol. The van der Waals surface area contributed by atoms with Crippen LogP contribution < -0.4 is 26.9 Å². The van der Waals surface area contributed by atoms with Gasteiger partial charge in [-0.1, -0.05) is 0 Å². The predicted molar refractivity (Wildman–Crippen MR) is 95.4 cm³/mol. The highest BCUT2D eigenvalue weighted by Gasteiger charge is 2.29. The number of phenolic OH excluding ortho intramolecular Hbond substituents is 1. The summed E-state index contributed by atoms with van der Waals surface area (Å²) >= 11 is 0. The van der Waals surface area contributed by atoms with Crippen LogP contribution in [0.3, 0.4) is 0 Å². The van der Waals surface area contributed by atoms with Gasteiger partial charge in [0.2, 0.25) is 5.91 Å². The van der Waals surface area contributed by atoms with Crippen LogP contribution in [0.4, 0.5) is 5.69 Å². The van der Waals surface area contributed by atoms with Gasteiger partial charge in [0.15, 0.2) is 11.5 Å². The molecule has 0 aromatic heterocycles. The molecule has 0 bridgehead atoms. The van der Waals surface area contributed by atoms with Crippen molar-refractivity contribution >= 4 is 17.5 Å². The van der Waals surface area contributed by atoms with E-state index >= 15 is 0 Å². The first kappa shape index (κ1) is 18.3. The van der Waals surface area contributed by atoms with Crippen LogP contribution in [0.15, 0.2) is 12.1 Å². The number of anilines is 1. The number of aromatic hydroxyl groups is 1. The smallest absolute Gasteiger partial charge is 0.271 e. The van der Waals surface area contributed by atoms with Crippen LogP contribution in [0.1, 0.15) is 36.0 Å². The molecule has 9 nitrogen and oxygen atoms in total. The topological polar surface area (TPSA) is 143 Å². The number of fused-ring (bicyclic) bond motifs is 1. The Labute approximate surface area is 151 Å². The first-order valence-corrected chi connectivity index (χ1v) is 8.81. The monoisotopic (exact) mass is 363 g/mol. The Morgan fingerprint density at radius 2 is 2.08 bits per heavy atom. The molecule has 0 atom stereocenters. The molecule has 0 spiro atoms. The molecule has 7 N–H and O–H groups in total. The number of ether oxygens (including phenoxy) is 1. The second-order valence-corrected chi connectivity index (χ2v) is 6.65. The summed E-state index contributed by atoms with van der Waals surface area (Å²) in [7, 11) is 0. The van der Waals surface area contributed by atoms with Crippen LogP contribution in [0.5, 0.6) is 11.5 Å². The van der Waals surface area contributed by atoms with E-state index in [0.717, 1.165) is 5.01 Å². The lowest BCUT2D eigenvalue weighted by atomic mass is 9.86. The van der Waals surface area contributed by atoms with E-state index < -0.39 is 0 Å². The molecule has 142 valence electrons. The molecule has 1 aliphatic heterocycles. The molecule has 2 amide bonds. The van der Waals surface area contributed by atoms with Gasteiger partial charge in [-0.05, 0) is 31.7 Å². The zero-order valence-electron chi connectivity index (χ0n) is 14.5. The van der Waals surface area contributed by atoms with Crippen molar-refractivity contribution in [2.75, 3.05) is 25.1 Å². The lowest BCUT2D eigenvalue weighted by molar-refractivity contribution is -0.126. The number of nitrogens with zero attached hydrogens (tertiary/aromatic N) is 1. The Balaban J connectivity index is 1.62. The van der Waals surface area contributed by atoms with Crippen molar-refractivity contribution in [3.63, 3.8) is 0 Å². The first-order chi connectivity index (χ1) is 12.5. The van der Waals surface area contributed by atoms with Gasteiger partial charge < -0.3 is 26.2 Å². The molecule has 3 rings (SSSR count). The van der Waals surface area contributed by atoms with E-state index in [-0.39, 0.29) is 42.0 Å². The van der Waals surface area contributed by atoms with Gasteiger partial charge in [-0.25, -0.2) is 5.84 Å². The van der Waals surface area contributed by atoms with Crippen molar-refractivity contribution in [3.8, 4) is 11.5 Å². The Hall–Kier alpha value is -2.52. The van der Waals surface area contributed by atoms with E-state index in [0.29, 0.717) is 50.0 Å².